The van der Waals surface area contributed by atoms with Crippen molar-refractivity contribution < 1.29 is 9.59 Å². The molecule has 0 unspecified atom stereocenters. The standard InChI is InChI=1S/C28H40O2PS2/c1-5-8-19-31(20-9-6-2,21-10-7-3)22-24-11-13-25(14-12-24)28(30)33-27-17-15-26(16-18-27)32-23(4)29/h11-18H,5-10,19-22H2,1-4H3/q+1. The second-order valence-electron chi connectivity index (χ2n) is 8.88. The Hall–Kier alpha value is -1.09. The van der Waals surface area contributed by atoms with E-state index in [0.717, 1.165) is 15.4 Å². The zero-order chi connectivity index (χ0) is 24.1. The molecule has 0 aromatic heterocycles. The number of carbonyl (C=O) groups is 2. The van der Waals surface area contributed by atoms with E-state index >= 15 is 0 Å². The smallest absolute Gasteiger partial charge is 0.224 e. The highest BCUT2D eigenvalue weighted by Gasteiger charge is 2.35. The molecule has 2 nitrogen and oxygen atoms in total. The van der Waals surface area contributed by atoms with Crippen molar-refractivity contribution in [2.24, 2.45) is 0 Å². The number of rotatable bonds is 14. The SMILES string of the molecule is CCCC[P+](CCCC)(CCCC)Cc1ccc(C(=O)Sc2ccc(SC(C)=O)cc2)cc1. The van der Waals surface area contributed by atoms with E-state index in [-0.39, 0.29) is 10.2 Å². The quantitative estimate of drug-likeness (QED) is 0.190. The van der Waals surface area contributed by atoms with Gasteiger partial charge in [-0.2, -0.15) is 0 Å². The van der Waals surface area contributed by atoms with Gasteiger partial charge in [0.15, 0.2) is 5.12 Å². The summed E-state index contributed by atoms with van der Waals surface area (Å²) in [4.78, 5) is 25.9. The summed E-state index contributed by atoms with van der Waals surface area (Å²) in [6.45, 7) is 8.48. The lowest BCUT2D eigenvalue weighted by Gasteiger charge is -2.28. The zero-order valence-electron chi connectivity index (χ0n) is 20.8. The van der Waals surface area contributed by atoms with Crippen molar-refractivity contribution in [3.63, 3.8) is 0 Å². The fourth-order valence-electron chi connectivity index (χ4n) is 4.09. The molecule has 0 saturated heterocycles. The average Bonchev–Trinajstić information content (AvgIpc) is 2.81. The van der Waals surface area contributed by atoms with Crippen molar-refractivity contribution in [2.75, 3.05) is 18.5 Å². The highest BCUT2D eigenvalue weighted by atomic mass is 32.2. The molecular weight excluding hydrogens is 463 g/mol. The minimum atomic E-state index is -0.992. The first kappa shape index (κ1) is 28.1. The van der Waals surface area contributed by atoms with Crippen LogP contribution in [0.15, 0.2) is 58.3 Å². The van der Waals surface area contributed by atoms with Gasteiger partial charge in [-0.1, -0.05) is 76.1 Å². The Labute approximate surface area is 210 Å². The number of benzene rings is 2. The van der Waals surface area contributed by atoms with E-state index in [1.165, 1.54) is 92.3 Å². The van der Waals surface area contributed by atoms with E-state index < -0.39 is 7.26 Å². The largest absolute Gasteiger partial charge is 0.287 e. The topological polar surface area (TPSA) is 34.1 Å². The molecule has 33 heavy (non-hydrogen) atoms. The van der Waals surface area contributed by atoms with Crippen LogP contribution in [0.1, 0.15) is 82.1 Å². The Morgan fingerprint density at radius 3 is 1.58 bits per heavy atom. The predicted octanol–water partition coefficient (Wildman–Crippen LogP) is 9.18. The van der Waals surface area contributed by atoms with Gasteiger partial charge >= 0.3 is 0 Å². The summed E-state index contributed by atoms with van der Waals surface area (Å²) in [6.07, 6.45) is 13.3. The highest BCUT2D eigenvalue weighted by Crippen LogP contribution is 2.63. The van der Waals surface area contributed by atoms with Crippen LogP contribution in [0.4, 0.5) is 0 Å². The summed E-state index contributed by atoms with van der Waals surface area (Å²) in [5.41, 5.74) is 2.16. The van der Waals surface area contributed by atoms with E-state index in [1.54, 1.807) is 6.92 Å². The van der Waals surface area contributed by atoms with Crippen LogP contribution in [0.25, 0.3) is 0 Å². The van der Waals surface area contributed by atoms with Gasteiger partial charge in [-0.15, -0.1) is 0 Å². The van der Waals surface area contributed by atoms with Crippen LogP contribution in [0.5, 0.6) is 0 Å². The normalized spacial score (nSPS) is 11.5. The van der Waals surface area contributed by atoms with Gasteiger partial charge in [0.25, 0.3) is 0 Å². The van der Waals surface area contributed by atoms with Gasteiger partial charge in [-0.25, -0.2) is 0 Å². The molecule has 5 heteroatoms. The minimum Gasteiger partial charge on any atom is -0.287 e. The molecule has 2 rings (SSSR count). The zero-order valence-corrected chi connectivity index (χ0v) is 23.3. The molecule has 0 saturated carbocycles. The van der Waals surface area contributed by atoms with Crippen LogP contribution < -0.4 is 0 Å². The van der Waals surface area contributed by atoms with Crippen molar-refractivity contribution in [3.8, 4) is 0 Å². The van der Waals surface area contributed by atoms with Crippen LogP contribution in [0, 0.1) is 0 Å². The Balaban J connectivity index is 2.07. The van der Waals surface area contributed by atoms with E-state index in [9.17, 15) is 9.59 Å². The molecule has 0 amide bonds. The van der Waals surface area contributed by atoms with Gasteiger partial charge < -0.3 is 0 Å². The molecule has 0 aliphatic heterocycles. The summed E-state index contributed by atoms with van der Waals surface area (Å²) in [6, 6.07) is 16.0. The lowest BCUT2D eigenvalue weighted by molar-refractivity contribution is -0.109. The maximum absolute atomic E-state index is 12.8. The molecule has 2 aromatic carbocycles. The maximum Gasteiger partial charge on any atom is 0.224 e. The molecular formula is C28H40O2PS2+. The van der Waals surface area contributed by atoms with Crippen molar-refractivity contribution in [2.45, 2.75) is 82.2 Å². The number of unbranched alkanes of at least 4 members (excludes halogenated alkanes) is 3. The van der Waals surface area contributed by atoms with Gasteiger partial charge in [-0.05, 0) is 60.9 Å². The number of carbonyl (C=O) groups excluding carboxylic acids is 2. The van der Waals surface area contributed by atoms with E-state index in [2.05, 4.69) is 32.9 Å². The summed E-state index contributed by atoms with van der Waals surface area (Å²) < 4.78 is 0. The minimum absolute atomic E-state index is 0.0668. The highest BCUT2D eigenvalue weighted by molar-refractivity contribution is 8.14. The molecule has 0 aliphatic carbocycles. The fourth-order valence-corrected chi connectivity index (χ4v) is 10.5. The number of hydrogen-bond donors (Lipinski definition) is 0. The lowest BCUT2D eigenvalue weighted by Crippen LogP contribution is -2.11. The third kappa shape index (κ3) is 9.97. The van der Waals surface area contributed by atoms with Gasteiger partial charge in [0.2, 0.25) is 5.12 Å². The Bertz CT molecular complexity index is 841. The van der Waals surface area contributed by atoms with Gasteiger partial charge in [0.05, 0.1) is 24.6 Å². The van der Waals surface area contributed by atoms with Crippen LogP contribution in [-0.2, 0) is 11.0 Å². The van der Waals surface area contributed by atoms with Crippen molar-refractivity contribution in [3.05, 3.63) is 59.7 Å². The van der Waals surface area contributed by atoms with Crippen LogP contribution in [0.2, 0.25) is 0 Å². The van der Waals surface area contributed by atoms with Crippen LogP contribution in [-0.4, -0.2) is 28.7 Å². The van der Waals surface area contributed by atoms with Crippen LogP contribution >= 0.6 is 30.8 Å². The molecule has 0 radical (unpaired) electrons. The van der Waals surface area contributed by atoms with Gasteiger partial charge in [-0.3, -0.25) is 9.59 Å². The van der Waals surface area contributed by atoms with Crippen LogP contribution in [0.3, 0.4) is 0 Å². The Morgan fingerprint density at radius 2 is 1.15 bits per heavy atom. The monoisotopic (exact) mass is 503 g/mol. The first-order chi connectivity index (χ1) is 15.9. The molecule has 0 atom stereocenters. The second-order valence-corrected chi connectivity index (χ2v) is 15.5. The molecule has 0 fully saturated rings. The summed E-state index contributed by atoms with van der Waals surface area (Å²) >= 11 is 2.46. The summed E-state index contributed by atoms with van der Waals surface area (Å²) in [5.74, 6) is 0. The number of thioether (sulfide) groups is 2. The molecule has 0 spiro atoms. The molecule has 180 valence electrons. The van der Waals surface area contributed by atoms with Crippen molar-refractivity contribution in [1.82, 2.24) is 0 Å². The summed E-state index contributed by atoms with van der Waals surface area (Å²) in [5, 5.41) is 0.134. The van der Waals surface area contributed by atoms with Crippen molar-refractivity contribution in [1.29, 1.82) is 0 Å². The third-order valence-electron chi connectivity index (χ3n) is 5.96. The van der Waals surface area contributed by atoms with E-state index in [4.69, 9.17) is 0 Å². The Morgan fingerprint density at radius 1 is 0.697 bits per heavy atom. The Kier molecular flexibility index (Phi) is 12.8. The van der Waals surface area contributed by atoms with Gasteiger partial charge in [0, 0.05) is 29.5 Å². The number of hydrogen-bond acceptors (Lipinski definition) is 4. The molecule has 0 heterocycles. The van der Waals surface area contributed by atoms with Gasteiger partial charge in [0.1, 0.15) is 0 Å². The summed E-state index contributed by atoms with van der Waals surface area (Å²) in [7, 11) is -0.992. The third-order valence-corrected chi connectivity index (χ3v) is 12.5. The van der Waals surface area contributed by atoms with E-state index in [0.29, 0.717) is 0 Å². The first-order valence-electron chi connectivity index (χ1n) is 12.4. The first-order valence-corrected chi connectivity index (χ1v) is 16.5. The lowest BCUT2D eigenvalue weighted by atomic mass is 10.2. The van der Waals surface area contributed by atoms with Crippen molar-refractivity contribution >= 4 is 41.0 Å². The molecule has 0 bridgehead atoms. The fraction of sp³-hybridized carbons (Fsp3) is 0.500. The maximum atomic E-state index is 12.8. The predicted molar refractivity (Wildman–Crippen MR) is 150 cm³/mol. The molecule has 0 aliphatic rings. The second kappa shape index (κ2) is 15.0. The van der Waals surface area contributed by atoms with E-state index in [1.807, 2.05) is 36.4 Å². The molecule has 0 N–H and O–H groups in total. The molecule has 2 aromatic rings. The average molecular weight is 504 g/mol.